The van der Waals surface area contributed by atoms with Gasteiger partial charge in [0.1, 0.15) is 18.3 Å². The highest BCUT2D eigenvalue weighted by molar-refractivity contribution is 5.83. The van der Waals surface area contributed by atoms with E-state index >= 15 is 0 Å². The Morgan fingerprint density at radius 2 is 1.86 bits per heavy atom. The fourth-order valence-corrected chi connectivity index (χ4v) is 0.797. The zero-order chi connectivity index (χ0) is 11.5. The molecular weight excluding hydrogens is 194 g/mol. The summed E-state index contributed by atoms with van der Waals surface area (Å²) in [7, 11) is 0. The number of rotatable bonds is 5. The number of aliphatic hydroxyl groups excluding tert-OH is 4. The largest absolute Gasteiger partial charge is 0.394 e. The van der Waals surface area contributed by atoms with E-state index in [0.717, 1.165) is 6.92 Å². The molecule has 84 valence electrons. The Bertz CT molecular complexity index is 206. The zero-order valence-corrected chi connectivity index (χ0v) is 7.66. The monoisotopic (exact) mass is 209 g/mol. The lowest BCUT2D eigenvalue weighted by molar-refractivity contribution is -0.169. The highest BCUT2D eigenvalue weighted by Crippen LogP contribution is 2.14. The van der Waals surface area contributed by atoms with Gasteiger partial charge in [-0.3, -0.25) is 4.79 Å². The summed E-state index contributed by atoms with van der Waals surface area (Å²) in [5.74, 6) is -1.24. The molecule has 7 nitrogen and oxygen atoms in total. The van der Waals surface area contributed by atoms with Crippen molar-refractivity contribution in [1.29, 1.82) is 0 Å². The molecule has 4 unspecified atom stereocenters. The maximum Gasteiger partial charge on any atom is 0.251 e. The normalized spacial score (nSPS) is 22.1. The summed E-state index contributed by atoms with van der Waals surface area (Å²) < 4.78 is 0. The number of carbonyl (C=O) groups excluding carboxylic acids is 1. The van der Waals surface area contributed by atoms with Gasteiger partial charge in [0.2, 0.25) is 0 Å². The van der Waals surface area contributed by atoms with Crippen LogP contribution >= 0.6 is 0 Å². The first-order valence-corrected chi connectivity index (χ1v) is 3.92. The van der Waals surface area contributed by atoms with Gasteiger partial charge in [-0.25, -0.2) is 0 Å². The van der Waals surface area contributed by atoms with E-state index in [1.807, 2.05) is 0 Å². The molecule has 0 aromatic carbocycles. The average Bonchev–Trinajstić information content (AvgIpc) is 2.13. The molecule has 7 N–H and O–H groups in total. The lowest BCUT2D eigenvalue weighted by Gasteiger charge is -2.30. The van der Waals surface area contributed by atoms with Crippen LogP contribution in [-0.2, 0) is 4.79 Å². The molecule has 14 heavy (non-hydrogen) atoms. The molecule has 0 saturated carbocycles. The van der Waals surface area contributed by atoms with Crippen molar-refractivity contribution in [3.8, 4) is 0 Å². The molecule has 0 aliphatic carbocycles. The second kappa shape index (κ2) is 4.67. The van der Waals surface area contributed by atoms with Crippen molar-refractivity contribution in [2.24, 2.45) is 5.73 Å². The van der Waals surface area contributed by atoms with Crippen LogP contribution in [0.25, 0.3) is 0 Å². The minimum Gasteiger partial charge on any atom is -0.394 e. The van der Waals surface area contributed by atoms with Crippen LogP contribution in [-0.4, -0.2) is 62.0 Å². The average molecular weight is 209 g/mol. The number of amides is 1. The van der Waals surface area contributed by atoms with Gasteiger partial charge < -0.3 is 31.3 Å². The van der Waals surface area contributed by atoms with Gasteiger partial charge in [0.05, 0.1) is 6.61 Å². The van der Waals surface area contributed by atoms with Crippen LogP contribution in [0.3, 0.4) is 0 Å². The molecule has 0 rings (SSSR count). The van der Waals surface area contributed by atoms with Gasteiger partial charge in [0.15, 0.2) is 5.60 Å². The van der Waals surface area contributed by atoms with E-state index in [1.54, 1.807) is 0 Å². The Hall–Kier alpha value is -0.730. The minimum absolute atomic E-state index is 0.812. The van der Waals surface area contributed by atoms with Gasteiger partial charge >= 0.3 is 0 Å². The molecule has 0 aliphatic rings. The summed E-state index contributed by atoms with van der Waals surface area (Å²) in [6.45, 7) is 0.0837. The van der Waals surface area contributed by atoms with Crippen LogP contribution in [0.5, 0.6) is 0 Å². The van der Waals surface area contributed by atoms with Crippen molar-refractivity contribution in [2.75, 3.05) is 6.61 Å². The first-order valence-electron chi connectivity index (χ1n) is 3.92. The number of primary amides is 1. The number of hydrogen-bond donors (Lipinski definition) is 6. The van der Waals surface area contributed by atoms with Crippen LogP contribution in [0.2, 0.25) is 0 Å². The molecule has 0 aromatic heterocycles. The molecule has 1 amide bonds. The van der Waals surface area contributed by atoms with E-state index < -0.39 is 36.4 Å². The Morgan fingerprint density at radius 1 is 1.43 bits per heavy atom. The zero-order valence-electron chi connectivity index (χ0n) is 7.66. The highest BCUT2D eigenvalue weighted by Gasteiger charge is 2.43. The van der Waals surface area contributed by atoms with Gasteiger partial charge in [0.25, 0.3) is 5.91 Å². The molecule has 0 bridgehead atoms. The first-order chi connectivity index (χ1) is 6.25. The quantitative estimate of drug-likeness (QED) is 0.275. The van der Waals surface area contributed by atoms with Crippen LogP contribution in [0.4, 0.5) is 0 Å². The Labute approximate surface area is 80.4 Å². The maximum absolute atomic E-state index is 10.6. The van der Waals surface area contributed by atoms with E-state index in [2.05, 4.69) is 0 Å². The summed E-state index contributed by atoms with van der Waals surface area (Å²) >= 11 is 0. The van der Waals surface area contributed by atoms with Gasteiger partial charge in [-0.1, -0.05) is 0 Å². The van der Waals surface area contributed by atoms with Gasteiger partial charge in [-0.05, 0) is 6.92 Å². The predicted molar refractivity (Wildman–Crippen MR) is 44.9 cm³/mol. The third-order valence-corrected chi connectivity index (χ3v) is 1.98. The van der Waals surface area contributed by atoms with Crippen LogP contribution < -0.4 is 5.73 Å². The number of hydrogen-bond acceptors (Lipinski definition) is 6. The molecule has 0 saturated heterocycles. The summed E-state index contributed by atoms with van der Waals surface area (Å²) in [6, 6.07) is 0. The number of aliphatic hydroxyl groups is 5. The SMILES string of the molecule is CC(O)(C(N)=O)C(O)C(O)C(O)CO. The van der Waals surface area contributed by atoms with Crippen molar-refractivity contribution in [3.05, 3.63) is 0 Å². The molecule has 0 fully saturated rings. The lowest BCUT2D eigenvalue weighted by atomic mass is 9.91. The van der Waals surface area contributed by atoms with Crippen molar-refractivity contribution in [1.82, 2.24) is 0 Å². The molecule has 0 aliphatic heterocycles. The predicted octanol–water partition coefficient (Wildman–Crippen LogP) is -3.70. The third-order valence-electron chi connectivity index (χ3n) is 1.98. The lowest BCUT2D eigenvalue weighted by Crippen LogP contribution is -2.58. The molecule has 0 aromatic rings. The second-order valence-electron chi connectivity index (χ2n) is 3.20. The minimum atomic E-state index is -2.37. The van der Waals surface area contributed by atoms with E-state index in [9.17, 15) is 15.0 Å². The van der Waals surface area contributed by atoms with Crippen molar-refractivity contribution in [3.63, 3.8) is 0 Å². The molecular formula is C7H15NO6. The fourth-order valence-electron chi connectivity index (χ4n) is 0.797. The van der Waals surface area contributed by atoms with Crippen molar-refractivity contribution >= 4 is 5.91 Å². The Kier molecular flexibility index (Phi) is 4.43. The van der Waals surface area contributed by atoms with Crippen molar-refractivity contribution in [2.45, 2.75) is 30.8 Å². The first kappa shape index (κ1) is 13.3. The highest BCUT2D eigenvalue weighted by atomic mass is 16.4. The number of carbonyl (C=O) groups is 1. The van der Waals surface area contributed by atoms with Gasteiger partial charge in [-0.15, -0.1) is 0 Å². The number of nitrogens with two attached hydrogens (primary N) is 1. The summed E-state index contributed by atoms with van der Waals surface area (Å²) in [4.78, 5) is 10.6. The molecule has 7 heteroatoms. The van der Waals surface area contributed by atoms with Crippen LogP contribution in [0.15, 0.2) is 0 Å². The van der Waals surface area contributed by atoms with E-state index in [0.29, 0.717) is 0 Å². The smallest absolute Gasteiger partial charge is 0.251 e. The fraction of sp³-hybridized carbons (Fsp3) is 0.857. The second-order valence-corrected chi connectivity index (χ2v) is 3.20. The molecule has 0 heterocycles. The van der Waals surface area contributed by atoms with E-state index in [4.69, 9.17) is 21.1 Å². The summed E-state index contributed by atoms with van der Waals surface area (Å²) in [5, 5.41) is 45.0. The molecule has 0 radical (unpaired) electrons. The van der Waals surface area contributed by atoms with Crippen LogP contribution in [0.1, 0.15) is 6.92 Å². The van der Waals surface area contributed by atoms with Crippen molar-refractivity contribution < 1.29 is 30.3 Å². The van der Waals surface area contributed by atoms with Gasteiger partial charge in [-0.2, -0.15) is 0 Å². The maximum atomic E-state index is 10.6. The third kappa shape index (κ3) is 2.63. The standard InChI is InChI=1S/C7H15NO6/c1-7(14,6(8)13)5(12)4(11)3(10)2-9/h3-5,9-12,14H,2H2,1H3,(H2,8,13). The van der Waals surface area contributed by atoms with Gasteiger partial charge in [0, 0.05) is 0 Å². The van der Waals surface area contributed by atoms with E-state index in [-0.39, 0.29) is 0 Å². The topological polar surface area (TPSA) is 144 Å². The summed E-state index contributed by atoms with van der Waals surface area (Å²) in [5.41, 5.74) is 2.38. The van der Waals surface area contributed by atoms with E-state index in [1.165, 1.54) is 0 Å². The Morgan fingerprint density at radius 3 is 2.14 bits per heavy atom. The molecule has 0 spiro atoms. The summed E-state index contributed by atoms with van der Waals surface area (Å²) in [6.07, 6.45) is -5.49. The Balaban J connectivity index is 4.60. The van der Waals surface area contributed by atoms with Crippen LogP contribution in [0, 0.1) is 0 Å². The molecule has 4 atom stereocenters.